The first-order chi connectivity index (χ1) is 10.0. The lowest BCUT2D eigenvalue weighted by atomic mass is 10.0. The number of anilines is 1. The van der Waals surface area contributed by atoms with Gasteiger partial charge in [0, 0.05) is 5.75 Å². The second kappa shape index (κ2) is 7.24. The van der Waals surface area contributed by atoms with Gasteiger partial charge in [0.15, 0.2) is 16.6 Å². The number of nitrogens with one attached hydrogen (secondary N) is 2. The lowest BCUT2D eigenvalue weighted by molar-refractivity contribution is 0.259. The SMILES string of the molecule is [CH2]CSc1nc(N[C@@H](CO)CC(C)C)c2sc(=O)[nH]c2n1. The zero-order valence-electron chi connectivity index (χ0n) is 12.0. The minimum absolute atomic E-state index is 0.0147. The first-order valence-electron chi connectivity index (χ1n) is 6.73. The molecule has 1 atom stereocenters. The predicted molar refractivity (Wildman–Crippen MR) is 88.1 cm³/mol. The Morgan fingerprint density at radius 2 is 2.24 bits per heavy atom. The highest BCUT2D eigenvalue weighted by Crippen LogP contribution is 2.26. The smallest absolute Gasteiger partial charge is 0.306 e. The molecule has 0 aliphatic heterocycles. The maximum atomic E-state index is 11.5. The van der Waals surface area contributed by atoms with Gasteiger partial charge >= 0.3 is 4.87 Å². The van der Waals surface area contributed by atoms with E-state index in [0.29, 0.717) is 33.0 Å². The highest BCUT2D eigenvalue weighted by atomic mass is 32.2. The molecule has 0 bridgehead atoms. The summed E-state index contributed by atoms with van der Waals surface area (Å²) in [7, 11) is 0. The van der Waals surface area contributed by atoms with E-state index in [-0.39, 0.29) is 17.5 Å². The third-order valence-electron chi connectivity index (χ3n) is 2.81. The van der Waals surface area contributed by atoms with Crippen molar-refractivity contribution >= 4 is 39.3 Å². The summed E-state index contributed by atoms with van der Waals surface area (Å²) in [5.74, 6) is 1.65. The van der Waals surface area contributed by atoms with Gasteiger partial charge in [0.05, 0.1) is 12.6 Å². The summed E-state index contributed by atoms with van der Waals surface area (Å²) in [4.78, 5) is 22.8. The Morgan fingerprint density at radius 3 is 2.86 bits per heavy atom. The van der Waals surface area contributed by atoms with Gasteiger partial charge < -0.3 is 10.4 Å². The largest absolute Gasteiger partial charge is 0.394 e. The van der Waals surface area contributed by atoms with Crippen LogP contribution in [0.1, 0.15) is 20.3 Å². The molecule has 0 fully saturated rings. The molecule has 1 radical (unpaired) electrons. The van der Waals surface area contributed by atoms with E-state index >= 15 is 0 Å². The number of rotatable bonds is 7. The zero-order chi connectivity index (χ0) is 15.4. The van der Waals surface area contributed by atoms with Gasteiger partial charge in [0.1, 0.15) is 4.70 Å². The third-order valence-corrected chi connectivity index (χ3v) is 4.33. The number of aromatic amines is 1. The van der Waals surface area contributed by atoms with E-state index in [2.05, 4.69) is 41.0 Å². The highest BCUT2D eigenvalue weighted by molar-refractivity contribution is 7.99. The van der Waals surface area contributed by atoms with Crippen molar-refractivity contribution in [2.75, 3.05) is 17.7 Å². The maximum Gasteiger partial charge on any atom is 0.306 e. The number of nitrogens with zero attached hydrogens (tertiary/aromatic N) is 2. The second-order valence-corrected chi connectivity index (χ2v) is 7.09. The molecule has 0 amide bonds. The van der Waals surface area contributed by atoms with Crippen molar-refractivity contribution in [3.63, 3.8) is 0 Å². The molecule has 2 aromatic rings. The summed E-state index contributed by atoms with van der Waals surface area (Å²) in [5.41, 5.74) is 0.527. The molecule has 2 rings (SSSR count). The number of aliphatic hydroxyl groups excluding tert-OH is 1. The lowest BCUT2D eigenvalue weighted by Crippen LogP contribution is -2.26. The van der Waals surface area contributed by atoms with E-state index in [0.717, 1.165) is 17.8 Å². The Labute approximate surface area is 131 Å². The van der Waals surface area contributed by atoms with Crippen molar-refractivity contribution in [1.82, 2.24) is 15.0 Å². The normalized spacial score (nSPS) is 13.0. The molecule has 2 heterocycles. The van der Waals surface area contributed by atoms with Crippen molar-refractivity contribution in [3.05, 3.63) is 16.6 Å². The van der Waals surface area contributed by atoms with Crippen LogP contribution in [0.15, 0.2) is 9.95 Å². The van der Waals surface area contributed by atoms with Crippen molar-refractivity contribution in [1.29, 1.82) is 0 Å². The fraction of sp³-hybridized carbons (Fsp3) is 0.538. The van der Waals surface area contributed by atoms with Crippen molar-refractivity contribution in [2.24, 2.45) is 5.92 Å². The number of thioether (sulfide) groups is 1. The number of thiazole rings is 1. The lowest BCUT2D eigenvalue weighted by Gasteiger charge is -2.19. The number of hydrogen-bond acceptors (Lipinski definition) is 7. The third kappa shape index (κ3) is 4.18. The molecule has 8 heteroatoms. The van der Waals surface area contributed by atoms with Gasteiger partial charge in [-0.3, -0.25) is 9.78 Å². The summed E-state index contributed by atoms with van der Waals surface area (Å²) < 4.78 is 0.690. The summed E-state index contributed by atoms with van der Waals surface area (Å²) in [5, 5.41) is 13.3. The quantitative estimate of drug-likeness (QED) is 0.533. The molecule has 21 heavy (non-hydrogen) atoms. The summed E-state index contributed by atoms with van der Waals surface area (Å²) >= 11 is 2.48. The zero-order valence-corrected chi connectivity index (χ0v) is 13.7. The fourth-order valence-corrected chi connectivity index (χ4v) is 3.24. The first kappa shape index (κ1) is 16.3. The van der Waals surface area contributed by atoms with Gasteiger partial charge in [-0.15, -0.1) is 0 Å². The van der Waals surface area contributed by atoms with Crippen LogP contribution in [0.5, 0.6) is 0 Å². The Bertz CT molecular complexity index is 653. The number of hydrogen-bond donors (Lipinski definition) is 3. The highest BCUT2D eigenvalue weighted by Gasteiger charge is 2.16. The van der Waals surface area contributed by atoms with E-state index in [9.17, 15) is 9.90 Å². The molecule has 0 saturated carbocycles. The number of H-pyrrole nitrogens is 1. The topological polar surface area (TPSA) is 90.9 Å². The van der Waals surface area contributed by atoms with Crippen LogP contribution in [-0.4, -0.2) is 38.5 Å². The molecule has 0 aromatic carbocycles. The van der Waals surface area contributed by atoms with Gasteiger partial charge in [-0.05, 0) is 19.3 Å². The van der Waals surface area contributed by atoms with Gasteiger partial charge in [-0.1, -0.05) is 36.9 Å². The second-order valence-electron chi connectivity index (χ2n) is 5.05. The Kier molecular flexibility index (Phi) is 5.60. The minimum Gasteiger partial charge on any atom is -0.394 e. The molecule has 0 aliphatic carbocycles. The molecule has 0 spiro atoms. The van der Waals surface area contributed by atoms with Crippen LogP contribution in [0.3, 0.4) is 0 Å². The van der Waals surface area contributed by atoms with Crippen LogP contribution < -0.4 is 10.2 Å². The average molecular weight is 327 g/mol. The molecule has 0 aliphatic rings. The van der Waals surface area contributed by atoms with Crippen molar-refractivity contribution < 1.29 is 5.11 Å². The van der Waals surface area contributed by atoms with Crippen molar-refractivity contribution in [2.45, 2.75) is 31.5 Å². The molecular formula is C13H19N4O2S2. The average Bonchev–Trinajstić information content (AvgIpc) is 2.78. The van der Waals surface area contributed by atoms with Crippen LogP contribution in [0.25, 0.3) is 10.3 Å². The van der Waals surface area contributed by atoms with E-state index in [1.807, 2.05) is 0 Å². The molecule has 3 N–H and O–H groups in total. The number of aromatic nitrogens is 3. The Balaban J connectivity index is 2.37. The summed E-state index contributed by atoms with van der Waals surface area (Å²) in [6, 6.07) is -0.0992. The van der Waals surface area contributed by atoms with Crippen molar-refractivity contribution in [3.8, 4) is 0 Å². The molecule has 115 valence electrons. The Hall–Kier alpha value is -1.12. The van der Waals surface area contributed by atoms with Crippen LogP contribution in [0.4, 0.5) is 5.82 Å². The van der Waals surface area contributed by atoms with Crippen LogP contribution in [-0.2, 0) is 0 Å². The molecule has 0 unspecified atom stereocenters. The van der Waals surface area contributed by atoms with E-state index in [1.165, 1.54) is 11.8 Å². The first-order valence-corrected chi connectivity index (χ1v) is 8.54. The van der Waals surface area contributed by atoms with Gasteiger partial charge in [0.2, 0.25) is 0 Å². The predicted octanol–water partition coefficient (Wildman–Crippen LogP) is 2.12. The molecular weight excluding hydrogens is 308 g/mol. The monoisotopic (exact) mass is 327 g/mol. The molecule has 6 nitrogen and oxygen atoms in total. The molecule has 0 saturated heterocycles. The van der Waals surface area contributed by atoms with Crippen LogP contribution in [0.2, 0.25) is 0 Å². The van der Waals surface area contributed by atoms with Gasteiger partial charge in [0.25, 0.3) is 0 Å². The van der Waals surface area contributed by atoms with Crippen LogP contribution >= 0.6 is 23.1 Å². The van der Waals surface area contributed by atoms with Crippen LogP contribution in [0, 0.1) is 12.8 Å². The number of aliphatic hydroxyl groups is 1. The van der Waals surface area contributed by atoms with E-state index < -0.39 is 0 Å². The van der Waals surface area contributed by atoms with E-state index in [4.69, 9.17) is 0 Å². The fourth-order valence-electron chi connectivity index (χ4n) is 2.02. The Morgan fingerprint density at radius 1 is 1.48 bits per heavy atom. The maximum absolute atomic E-state index is 11.5. The summed E-state index contributed by atoms with van der Waals surface area (Å²) in [6.07, 6.45) is 0.819. The minimum atomic E-state index is -0.163. The van der Waals surface area contributed by atoms with Gasteiger partial charge in [-0.25, -0.2) is 9.97 Å². The molecule has 2 aromatic heterocycles. The standard InChI is InChI=1S/C13H19N4O2S2/c1-4-20-12-15-10(14-8(6-18)5-7(2)3)9-11(16-12)17-13(19)21-9/h7-8,18H,1,4-6H2,2-3H3,(H2,14,15,16,17,19)/t8-/m1/s1. The van der Waals surface area contributed by atoms with Gasteiger partial charge in [-0.2, -0.15) is 0 Å². The van der Waals surface area contributed by atoms with E-state index in [1.54, 1.807) is 0 Å². The number of fused-ring (bicyclic) bond motifs is 1. The summed E-state index contributed by atoms with van der Waals surface area (Å²) in [6.45, 7) is 7.97.